The molecule has 1 aromatic rings. The lowest BCUT2D eigenvalue weighted by atomic mass is 10.1. The number of hydrogen-bond acceptors (Lipinski definition) is 4. The monoisotopic (exact) mass is 385 g/mol. The van der Waals surface area contributed by atoms with E-state index < -0.39 is 11.5 Å². The highest BCUT2D eigenvalue weighted by atomic mass is 35.5. The first-order valence-electron chi connectivity index (χ1n) is 5.87. The number of cyclic esters (lactones) is 1. The van der Waals surface area contributed by atoms with Crippen LogP contribution < -0.4 is 0 Å². The highest BCUT2D eigenvalue weighted by molar-refractivity contribution is 7.98. The van der Waals surface area contributed by atoms with Crippen LogP contribution in [0.3, 0.4) is 0 Å². The van der Waals surface area contributed by atoms with Crippen LogP contribution in [0.5, 0.6) is 0 Å². The maximum Gasteiger partial charge on any atom is 0.347 e. The Hall–Kier alpha value is -0.130. The van der Waals surface area contributed by atoms with Gasteiger partial charge in [0.2, 0.25) is 5.90 Å². The summed E-state index contributed by atoms with van der Waals surface area (Å²) in [5.41, 5.74) is -0.0246. The fourth-order valence-electron chi connectivity index (χ4n) is 1.95. The van der Waals surface area contributed by atoms with E-state index >= 15 is 0 Å². The van der Waals surface area contributed by atoms with Crippen molar-refractivity contribution in [3.63, 3.8) is 0 Å². The van der Waals surface area contributed by atoms with Crippen molar-refractivity contribution in [1.29, 1.82) is 0 Å². The first-order chi connectivity index (χ1) is 9.69. The largest absolute Gasteiger partial charge is 0.403 e. The van der Waals surface area contributed by atoms with Gasteiger partial charge in [0.1, 0.15) is 0 Å². The zero-order valence-electron chi connectivity index (χ0n) is 11.4. The smallest absolute Gasteiger partial charge is 0.347 e. The average molecular weight is 387 g/mol. The van der Waals surface area contributed by atoms with E-state index in [-0.39, 0.29) is 31.6 Å². The lowest BCUT2D eigenvalue weighted by Gasteiger charge is -2.18. The number of thioether (sulfide) groups is 1. The Kier molecular flexibility index (Phi) is 5.06. The first-order valence-corrected chi connectivity index (χ1v) is 8.77. The highest BCUT2D eigenvalue weighted by Crippen LogP contribution is 2.44. The molecule has 0 saturated heterocycles. The number of halogens is 4. The second-order valence-corrected chi connectivity index (χ2v) is 7.44. The molecule has 2 rings (SSSR count). The van der Waals surface area contributed by atoms with Crippen LogP contribution in [-0.2, 0) is 4.74 Å². The molecule has 0 spiro atoms. The van der Waals surface area contributed by atoms with Crippen LogP contribution in [0.15, 0.2) is 4.99 Å². The summed E-state index contributed by atoms with van der Waals surface area (Å²) in [5.74, 6) is 0.240. The molecule has 0 fully saturated rings. The predicted molar refractivity (Wildman–Crippen MR) is 90.9 cm³/mol. The predicted octanol–water partition coefficient (Wildman–Crippen LogP) is 5.36. The second-order valence-electron chi connectivity index (χ2n) is 5.06. The van der Waals surface area contributed by atoms with Gasteiger partial charge in [-0.25, -0.2) is 9.79 Å². The van der Waals surface area contributed by atoms with E-state index in [1.54, 1.807) is 11.8 Å². The second kappa shape index (κ2) is 6.17. The van der Waals surface area contributed by atoms with E-state index in [1.807, 2.05) is 20.1 Å². The quantitative estimate of drug-likeness (QED) is 0.398. The number of fused-ring (bicyclic) bond motifs is 1. The normalized spacial score (nSPS) is 16.3. The van der Waals surface area contributed by atoms with Crippen LogP contribution in [0.2, 0.25) is 20.1 Å². The standard InChI is InChI=1S/C13H11Cl4NO2S/c1-13(2,4-21-3)18-11-5-6(12(19)20-11)8(15)10(17)9(16)7(5)14/h4H2,1-3H3/b18-11+. The number of esters is 1. The Labute approximate surface area is 146 Å². The van der Waals surface area contributed by atoms with E-state index in [0.717, 1.165) is 5.75 Å². The van der Waals surface area contributed by atoms with Gasteiger partial charge in [0.25, 0.3) is 0 Å². The minimum atomic E-state index is -0.630. The summed E-state index contributed by atoms with van der Waals surface area (Å²) in [6.07, 6.45) is 1.97. The van der Waals surface area contributed by atoms with Crippen LogP contribution >= 0.6 is 58.2 Å². The van der Waals surface area contributed by atoms with E-state index in [4.69, 9.17) is 51.1 Å². The molecule has 1 aliphatic rings. The van der Waals surface area contributed by atoms with Crippen molar-refractivity contribution in [2.75, 3.05) is 12.0 Å². The third kappa shape index (κ3) is 3.15. The van der Waals surface area contributed by atoms with Crippen LogP contribution in [0.1, 0.15) is 29.8 Å². The topological polar surface area (TPSA) is 38.7 Å². The summed E-state index contributed by atoms with van der Waals surface area (Å²) >= 11 is 25.9. The molecule has 8 heteroatoms. The van der Waals surface area contributed by atoms with Gasteiger partial charge in [-0.2, -0.15) is 11.8 Å². The molecule has 0 unspecified atom stereocenters. The first kappa shape index (κ1) is 17.2. The summed E-state index contributed by atoms with van der Waals surface area (Å²) in [5, 5.41) is 0.254. The average Bonchev–Trinajstić information content (AvgIpc) is 2.69. The number of aliphatic imine (C=N–C) groups is 1. The number of carbonyl (C=O) groups excluding carboxylic acids is 1. The molecule has 0 atom stereocenters. The zero-order chi connectivity index (χ0) is 15.9. The Bertz CT molecular complexity index is 658. The minimum absolute atomic E-state index is 0.0268. The van der Waals surface area contributed by atoms with E-state index in [9.17, 15) is 4.79 Å². The Morgan fingerprint density at radius 3 is 2.10 bits per heavy atom. The van der Waals surface area contributed by atoms with Gasteiger partial charge in [-0.1, -0.05) is 46.4 Å². The lowest BCUT2D eigenvalue weighted by Crippen LogP contribution is -2.23. The van der Waals surface area contributed by atoms with Gasteiger partial charge >= 0.3 is 5.97 Å². The molecule has 0 radical (unpaired) electrons. The SMILES string of the molecule is CSCC(C)(C)/N=C1/OC(=O)c2c(Cl)c(Cl)c(Cl)c(Cl)c21. The summed E-state index contributed by atoms with van der Waals surface area (Å²) in [4.78, 5) is 16.5. The van der Waals surface area contributed by atoms with Gasteiger partial charge in [-0.15, -0.1) is 0 Å². The maximum atomic E-state index is 12.0. The van der Waals surface area contributed by atoms with Gasteiger partial charge < -0.3 is 4.74 Å². The van der Waals surface area contributed by atoms with Crippen molar-refractivity contribution in [1.82, 2.24) is 0 Å². The van der Waals surface area contributed by atoms with Crippen molar-refractivity contribution >= 4 is 70.0 Å². The van der Waals surface area contributed by atoms with Crippen molar-refractivity contribution in [3.8, 4) is 0 Å². The van der Waals surface area contributed by atoms with Crippen molar-refractivity contribution in [2.24, 2.45) is 4.99 Å². The molecule has 21 heavy (non-hydrogen) atoms. The molecule has 0 saturated carbocycles. The molecule has 1 aliphatic heterocycles. The van der Waals surface area contributed by atoms with Gasteiger partial charge in [-0.3, -0.25) is 0 Å². The van der Waals surface area contributed by atoms with Crippen molar-refractivity contribution in [2.45, 2.75) is 19.4 Å². The molecule has 0 aliphatic carbocycles. The van der Waals surface area contributed by atoms with E-state index in [0.29, 0.717) is 5.56 Å². The number of carbonyl (C=O) groups is 1. The number of ether oxygens (including phenoxy) is 1. The minimum Gasteiger partial charge on any atom is -0.403 e. The zero-order valence-corrected chi connectivity index (χ0v) is 15.2. The number of nitrogens with zero attached hydrogens (tertiary/aromatic N) is 1. The molecule has 0 amide bonds. The molecule has 3 nitrogen and oxygen atoms in total. The third-order valence-corrected chi connectivity index (χ3v) is 5.57. The summed E-state index contributed by atoms with van der Waals surface area (Å²) in [6.45, 7) is 3.85. The molecule has 0 aromatic heterocycles. The number of rotatable bonds is 3. The lowest BCUT2D eigenvalue weighted by molar-refractivity contribution is 0.0736. The van der Waals surface area contributed by atoms with Gasteiger partial charge in [0, 0.05) is 5.75 Å². The van der Waals surface area contributed by atoms with Gasteiger partial charge in [0.05, 0.1) is 36.8 Å². The molecule has 114 valence electrons. The summed E-state index contributed by atoms with van der Waals surface area (Å²) in [6, 6.07) is 0. The number of benzene rings is 1. The number of hydrogen-bond donors (Lipinski definition) is 0. The molecular weight excluding hydrogens is 376 g/mol. The maximum absolute atomic E-state index is 12.0. The van der Waals surface area contributed by atoms with Crippen molar-refractivity contribution < 1.29 is 9.53 Å². The third-order valence-electron chi connectivity index (χ3n) is 2.78. The van der Waals surface area contributed by atoms with Crippen LogP contribution in [0, 0.1) is 0 Å². The van der Waals surface area contributed by atoms with E-state index in [1.165, 1.54) is 0 Å². The Balaban J connectivity index is 2.67. The fraction of sp³-hybridized carbons (Fsp3) is 0.385. The van der Waals surface area contributed by atoms with Crippen LogP contribution in [0.25, 0.3) is 0 Å². The summed E-state index contributed by atoms with van der Waals surface area (Å²) < 4.78 is 5.20. The summed E-state index contributed by atoms with van der Waals surface area (Å²) in [7, 11) is 0. The molecule has 0 bridgehead atoms. The molecule has 1 heterocycles. The Morgan fingerprint density at radius 1 is 1.05 bits per heavy atom. The van der Waals surface area contributed by atoms with Crippen molar-refractivity contribution in [3.05, 3.63) is 31.2 Å². The Morgan fingerprint density at radius 2 is 1.57 bits per heavy atom. The van der Waals surface area contributed by atoms with Crippen LogP contribution in [0.4, 0.5) is 0 Å². The van der Waals surface area contributed by atoms with Gasteiger partial charge in [-0.05, 0) is 20.1 Å². The van der Waals surface area contributed by atoms with Gasteiger partial charge in [0.15, 0.2) is 0 Å². The fourth-order valence-corrected chi connectivity index (χ4v) is 3.73. The highest BCUT2D eigenvalue weighted by Gasteiger charge is 2.37. The van der Waals surface area contributed by atoms with Crippen LogP contribution in [-0.4, -0.2) is 29.4 Å². The van der Waals surface area contributed by atoms with E-state index in [2.05, 4.69) is 4.99 Å². The molecule has 0 N–H and O–H groups in total. The molecule has 1 aromatic carbocycles. The molecular formula is C13H11Cl4NO2S.